The molecule has 11 aromatic rings. The maximum absolute atomic E-state index is 6.23. The van der Waals surface area contributed by atoms with E-state index in [-0.39, 0.29) is 0 Å². The average Bonchev–Trinajstić information content (AvgIpc) is 3.70. The zero-order valence-corrected chi connectivity index (χ0v) is 32.9. The third-order valence-corrected chi connectivity index (χ3v) is 11.7. The lowest BCUT2D eigenvalue weighted by molar-refractivity contribution is 0.669. The van der Waals surface area contributed by atoms with Crippen LogP contribution in [0.1, 0.15) is 0 Å². The van der Waals surface area contributed by atoms with E-state index in [1.165, 1.54) is 66.4 Å². The number of benzene rings is 10. The fraction of sp³-hybridized carbons (Fsp3) is 0. The molecule has 0 aliphatic rings. The minimum atomic E-state index is 0.881. The van der Waals surface area contributed by atoms with Crippen molar-refractivity contribution in [2.24, 2.45) is 0 Å². The fourth-order valence-corrected chi connectivity index (χ4v) is 8.60. The molecule has 0 bridgehead atoms. The van der Waals surface area contributed by atoms with Crippen molar-refractivity contribution >= 4 is 49.8 Å². The van der Waals surface area contributed by atoms with E-state index >= 15 is 0 Å². The van der Waals surface area contributed by atoms with Crippen molar-refractivity contribution in [2.75, 3.05) is 4.90 Å². The largest absolute Gasteiger partial charge is 0.456 e. The van der Waals surface area contributed by atoms with Crippen molar-refractivity contribution in [3.63, 3.8) is 0 Å². The maximum atomic E-state index is 6.23. The SMILES string of the molecule is c1ccc(-c2ccccc2-c2ccc(N(c3ccc(-c4ccc(-c5cccc(-c6ccc7ccccc7c6)c5)cc4)cc3)c3ccc4oc5ccccc5c4c3)cc2)cc1. The van der Waals surface area contributed by atoms with Crippen LogP contribution in [0, 0.1) is 0 Å². The second-order valence-corrected chi connectivity index (χ2v) is 15.3. The summed E-state index contributed by atoms with van der Waals surface area (Å²) in [7, 11) is 0. The quantitative estimate of drug-likeness (QED) is 0.153. The van der Waals surface area contributed by atoms with Crippen molar-refractivity contribution < 1.29 is 4.42 Å². The zero-order valence-electron chi connectivity index (χ0n) is 32.9. The third-order valence-electron chi connectivity index (χ3n) is 11.7. The minimum absolute atomic E-state index is 0.881. The van der Waals surface area contributed by atoms with Gasteiger partial charge in [-0.15, -0.1) is 0 Å². The summed E-state index contributed by atoms with van der Waals surface area (Å²) in [5, 5.41) is 4.72. The summed E-state index contributed by atoms with van der Waals surface area (Å²) in [5.41, 5.74) is 17.0. The average molecular weight is 766 g/mol. The van der Waals surface area contributed by atoms with Crippen LogP contribution in [0.2, 0.25) is 0 Å². The summed E-state index contributed by atoms with van der Waals surface area (Å²) in [6.07, 6.45) is 0. The Kier molecular flexibility index (Phi) is 8.87. The number of hydrogen-bond donors (Lipinski definition) is 0. The first-order chi connectivity index (χ1) is 29.7. The maximum Gasteiger partial charge on any atom is 0.135 e. The monoisotopic (exact) mass is 765 g/mol. The van der Waals surface area contributed by atoms with Gasteiger partial charge in [0.25, 0.3) is 0 Å². The second kappa shape index (κ2) is 15.1. The van der Waals surface area contributed by atoms with Gasteiger partial charge in [-0.05, 0) is 127 Å². The van der Waals surface area contributed by atoms with Crippen molar-refractivity contribution in [3.8, 4) is 55.6 Å². The van der Waals surface area contributed by atoms with E-state index in [1.54, 1.807) is 0 Å². The molecule has 0 fully saturated rings. The Bertz CT molecular complexity index is 3290. The minimum Gasteiger partial charge on any atom is -0.456 e. The highest BCUT2D eigenvalue weighted by Gasteiger charge is 2.17. The van der Waals surface area contributed by atoms with Crippen LogP contribution in [0.3, 0.4) is 0 Å². The molecule has 282 valence electrons. The van der Waals surface area contributed by atoms with Gasteiger partial charge in [-0.25, -0.2) is 0 Å². The molecule has 0 saturated heterocycles. The molecule has 0 amide bonds. The van der Waals surface area contributed by atoms with Gasteiger partial charge in [0.15, 0.2) is 0 Å². The number of fused-ring (bicyclic) bond motifs is 4. The number of hydrogen-bond acceptors (Lipinski definition) is 2. The van der Waals surface area contributed by atoms with Crippen molar-refractivity contribution in [2.45, 2.75) is 0 Å². The van der Waals surface area contributed by atoms with E-state index < -0.39 is 0 Å². The van der Waals surface area contributed by atoms with Gasteiger partial charge < -0.3 is 9.32 Å². The molecule has 0 atom stereocenters. The molecule has 10 aromatic carbocycles. The van der Waals surface area contributed by atoms with Gasteiger partial charge in [0.05, 0.1) is 0 Å². The Hall–Kier alpha value is -7.94. The lowest BCUT2D eigenvalue weighted by atomic mass is 9.94. The molecule has 60 heavy (non-hydrogen) atoms. The van der Waals surface area contributed by atoms with E-state index in [1.807, 2.05) is 12.1 Å². The molecule has 0 spiro atoms. The molecular weight excluding hydrogens is 727 g/mol. The molecule has 2 heteroatoms. The molecule has 0 aliphatic carbocycles. The first-order valence-corrected chi connectivity index (χ1v) is 20.5. The van der Waals surface area contributed by atoms with Crippen molar-refractivity contribution in [3.05, 3.63) is 237 Å². The lowest BCUT2D eigenvalue weighted by Crippen LogP contribution is -2.09. The summed E-state index contributed by atoms with van der Waals surface area (Å²) >= 11 is 0. The first-order valence-electron chi connectivity index (χ1n) is 20.5. The Morgan fingerprint density at radius 1 is 0.250 bits per heavy atom. The number of rotatable bonds is 8. The molecule has 0 radical (unpaired) electrons. The summed E-state index contributed by atoms with van der Waals surface area (Å²) in [4.78, 5) is 2.34. The molecule has 0 saturated carbocycles. The van der Waals surface area contributed by atoms with Crippen LogP contribution in [0.25, 0.3) is 88.3 Å². The topological polar surface area (TPSA) is 16.4 Å². The Morgan fingerprint density at radius 3 is 1.43 bits per heavy atom. The predicted octanol–water partition coefficient (Wildman–Crippen LogP) is 16.5. The normalized spacial score (nSPS) is 11.3. The Labute approximate surface area is 349 Å². The smallest absolute Gasteiger partial charge is 0.135 e. The second-order valence-electron chi connectivity index (χ2n) is 15.3. The molecule has 2 nitrogen and oxygen atoms in total. The summed E-state index contributed by atoms with van der Waals surface area (Å²) in [5.74, 6) is 0. The molecule has 11 rings (SSSR count). The molecular formula is C58H39NO. The van der Waals surface area contributed by atoms with Crippen LogP contribution < -0.4 is 4.90 Å². The molecule has 1 heterocycles. The number of furan rings is 1. The third kappa shape index (κ3) is 6.61. The molecule has 0 aliphatic heterocycles. The summed E-state index contributed by atoms with van der Waals surface area (Å²) < 4.78 is 6.23. The van der Waals surface area contributed by atoms with E-state index in [9.17, 15) is 0 Å². The van der Waals surface area contributed by atoms with Gasteiger partial charge >= 0.3 is 0 Å². The van der Waals surface area contributed by atoms with Gasteiger partial charge in [0.2, 0.25) is 0 Å². The van der Waals surface area contributed by atoms with Crippen LogP contribution in [-0.2, 0) is 0 Å². The van der Waals surface area contributed by atoms with Gasteiger partial charge in [-0.1, -0.05) is 176 Å². The Morgan fingerprint density at radius 2 is 0.717 bits per heavy atom. The molecule has 1 aromatic heterocycles. The fourth-order valence-electron chi connectivity index (χ4n) is 8.60. The lowest BCUT2D eigenvalue weighted by Gasteiger charge is -2.26. The van der Waals surface area contributed by atoms with Crippen molar-refractivity contribution in [1.29, 1.82) is 0 Å². The Balaban J connectivity index is 0.922. The predicted molar refractivity (Wildman–Crippen MR) is 253 cm³/mol. The highest BCUT2D eigenvalue weighted by molar-refractivity contribution is 6.06. The zero-order chi connectivity index (χ0) is 39.8. The molecule has 0 N–H and O–H groups in total. The van der Waals surface area contributed by atoms with Gasteiger partial charge in [0, 0.05) is 27.8 Å². The standard InChI is InChI=1S/C58H39NO/c1-2-12-44(13-3-1)53-17-6-7-18-54(53)45-29-33-51(34-30-45)59(52-35-36-58-56(39-52)55-19-8-9-20-57(55)60-58)50-31-27-42(28-32-50)41-21-23-43(24-22-41)47-15-10-16-48(37-47)49-26-25-40-11-4-5-14-46(40)38-49/h1-39H. The molecule has 0 unspecified atom stereocenters. The van der Waals surface area contributed by atoms with Gasteiger partial charge in [0.1, 0.15) is 11.2 Å². The van der Waals surface area contributed by atoms with Crippen molar-refractivity contribution in [1.82, 2.24) is 0 Å². The van der Waals surface area contributed by atoms with Crippen LogP contribution in [0.4, 0.5) is 17.1 Å². The van der Waals surface area contributed by atoms with E-state index in [0.29, 0.717) is 0 Å². The van der Waals surface area contributed by atoms with E-state index in [4.69, 9.17) is 4.42 Å². The van der Waals surface area contributed by atoms with E-state index in [2.05, 4.69) is 229 Å². The number of nitrogens with zero attached hydrogens (tertiary/aromatic N) is 1. The summed E-state index contributed by atoms with van der Waals surface area (Å²) in [6, 6.07) is 84.9. The van der Waals surface area contributed by atoms with Crippen LogP contribution >= 0.6 is 0 Å². The number of anilines is 3. The van der Waals surface area contributed by atoms with Gasteiger partial charge in [-0.2, -0.15) is 0 Å². The highest BCUT2D eigenvalue weighted by atomic mass is 16.3. The summed E-state index contributed by atoms with van der Waals surface area (Å²) in [6.45, 7) is 0. The van der Waals surface area contributed by atoms with Crippen LogP contribution in [-0.4, -0.2) is 0 Å². The van der Waals surface area contributed by atoms with Gasteiger partial charge in [-0.3, -0.25) is 0 Å². The van der Waals surface area contributed by atoms with Crippen LogP contribution in [0.15, 0.2) is 241 Å². The van der Waals surface area contributed by atoms with E-state index in [0.717, 1.165) is 39.0 Å². The van der Waals surface area contributed by atoms with Crippen LogP contribution in [0.5, 0.6) is 0 Å². The first kappa shape index (κ1) is 35.2. The number of para-hydroxylation sites is 1. The highest BCUT2D eigenvalue weighted by Crippen LogP contribution is 2.41.